The first kappa shape index (κ1) is 16.6. The van der Waals surface area contributed by atoms with Gasteiger partial charge in [-0.25, -0.2) is 18.4 Å². The van der Waals surface area contributed by atoms with Crippen LogP contribution in [0, 0.1) is 0 Å². The zero-order valence-electron chi connectivity index (χ0n) is 13.3. The third kappa shape index (κ3) is 3.17. The third-order valence-electron chi connectivity index (χ3n) is 3.84. The van der Waals surface area contributed by atoms with E-state index >= 15 is 0 Å². The molecule has 0 radical (unpaired) electrons. The molecule has 1 fully saturated rings. The molecule has 9 heteroatoms. The van der Waals surface area contributed by atoms with Crippen LogP contribution in [-0.4, -0.2) is 52.8 Å². The Morgan fingerprint density at radius 3 is 2.62 bits per heavy atom. The van der Waals surface area contributed by atoms with E-state index < -0.39 is 10.0 Å². The van der Waals surface area contributed by atoms with E-state index in [1.54, 1.807) is 16.8 Å². The zero-order chi connectivity index (χ0) is 17.2. The van der Waals surface area contributed by atoms with Crippen molar-refractivity contribution in [2.75, 3.05) is 19.6 Å². The summed E-state index contributed by atoms with van der Waals surface area (Å²) >= 11 is 0. The van der Waals surface area contributed by atoms with Gasteiger partial charge in [0, 0.05) is 32.0 Å². The molecule has 2 aromatic rings. The second kappa shape index (κ2) is 6.70. The Morgan fingerprint density at radius 1 is 1.25 bits per heavy atom. The Labute approximate surface area is 140 Å². The second-order valence-corrected chi connectivity index (χ2v) is 7.43. The van der Waals surface area contributed by atoms with Gasteiger partial charge >= 0.3 is 0 Å². The van der Waals surface area contributed by atoms with Crippen LogP contribution in [0.2, 0.25) is 0 Å². The van der Waals surface area contributed by atoms with Gasteiger partial charge in [0.05, 0.1) is 0 Å². The number of nitrogens with zero attached hydrogens (tertiary/aromatic N) is 4. The van der Waals surface area contributed by atoms with Crippen LogP contribution in [0.15, 0.2) is 35.7 Å². The highest BCUT2D eigenvalue weighted by atomic mass is 32.2. The Balaban J connectivity index is 1.81. The molecule has 3 heterocycles. The summed E-state index contributed by atoms with van der Waals surface area (Å²) in [6, 6.07) is 3.13. The van der Waals surface area contributed by atoms with Crippen molar-refractivity contribution in [2.24, 2.45) is 0 Å². The number of carbonyl (C=O) groups is 1. The minimum Gasteiger partial charge on any atom is -0.351 e. The van der Waals surface area contributed by atoms with E-state index in [2.05, 4.69) is 15.3 Å². The summed E-state index contributed by atoms with van der Waals surface area (Å²) in [6.45, 7) is 3.46. The van der Waals surface area contributed by atoms with Gasteiger partial charge in [0.2, 0.25) is 10.0 Å². The van der Waals surface area contributed by atoms with Crippen molar-refractivity contribution < 1.29 is 13.2 Å². The van der Waals surface area contributed by atoms with Crippen molar-refractivity contribution in [3.05, 3.63) is 36.5 Å². The molecular formula is C15H19N5O3S. The zero-order valence-corrected chi connectivity index (χ0v) is 14.2. The molecule has 1 aliphatic rings. The third-order valence-corrected chi connectivity index (χ3v) is 5.72. The summed E-state index contributed by atoms with van der Waals surface area (Å²) in [5, 5.41) is 2.67. The predicted octanol–water partition coefficient (Wildman–Crippen LogP) is 0.801. The Morgan fingerprint density at radius 2 is 2.00 bits per heavy atom. The topological polar surface area (TPSA) is 97.2 Å². The van der Waals surface area contributed by atoms with Gasteiger partial charge in [-0.3, -0.25) is 9.36 Å². The van der Waals surface area contributed by atoms with E-state index in [9.17, 15) is 13.2 Å². The summed E-state index contributed by atoms with van der Waals surface area (Å²) < 4.78 is 28.0. The maximum atomic E-state index is 12.5. The first-order chi connectivity index (χ1) is 11.5. The monoisotopic (exact) mass is 349 g/mol. The summed E-state index contributed by atoms with van der Waals surface area (Å²) in [7, 11) is -3.47. The van der Waals surface area contributed by atoms with Crippen LogP contribution in [0.1, 0.15) is 30.3 Å². The normalized spacial score (nSPS) is 15.5. The quantitative estimate of drug-likeness (QED) is 0.861. The molecule has 0 aromatic carbocycles. The molecule has 0 aliphatic carbocycles. The van der Waals surface area contributed by atoms with Crippen molar-refractivity contribution in [3.63, 3.8) is 0 Å². The van der Waals surface area contributed by atoms with E-state index in [1.165, 1.54) is 22.9 Å². The molecule has 0 bridgehead atoms. The highest BCUT2D eigenvalue weighted by Crippen LogP contribution is 2.20. The largest absolute Gasteiger partial charge is 0.351 e. The molecule has 0 atom stereocenters. The van der Waals surface area contributed by atoms with E-state index in [-0.39, 0.29) is 16.5 Å². The van der Waals surface area contributed by atoms with Crippen LogP contribution >= 0.6 is 0 Å². The maximum Gasteiger partial charge on any atom is 0.271 e. The molecule has 1 saturated heterocycles. The summed E-state index contributed by atoms with van der Waals surface area (Å²) in [5.41, 5.74) is 0.285. The van der Waals surface area contributed by atoms with Crippen molar-refractivity contribution in [1.82, 2.24) is 24.2 Å². The number of imidazole rings is 1. The van der Waals surface area contributed by atoms with E-state index in [4.69, 9.17) is 0 Å². The molecule has 24 heavy (non-hydrogen) atoms. The van der Waals surface area contributed by atoms with Crippen molar-refractivity contribution in [1.29, 1.82) is 0 Å². The number of hydrogen-bond acceptors (Lipinski definition) is 5. The minimum absolute atomic E-state index is 0.178. The van der Waals surface area contributed by atoms with Crippen LogP contribution < -0.4 is 5.32 Å². The first-order valence-electron chi connectivity index (χ1n) is 7.81. The molecule has 2 aromatic heterocycles. The van der Waals surface area contributed by atoms with Gasteiger partial charge in [-0.15, -0.1) is 0 Å². The van der Waals surface area contributed by atoms with E-state index in [0.717, 1.165) is 12.8 Å². The van der Waals surface area contributed by atoms with Gasteiger partial charge in [0.25, 0.3) is 5.91 Å². The van der Waals surface area contributed by atoms with Gasteiger partial charge < -0.3 is 5.32 Å². The lowest BCUT2D eigenvalue weighted by molar-refractivity contribution is 0.0951. The summed E-state index contributed by atoms with van der Waals surface area (Å²) in [6.07, 6.45) is 6.16. The maximum absolute atomic E-state index is 12.5. The fourth-order valence-corrected chi connectivity index (χ4v) is 4.03. The van der Waals surface area contributed by atoms with Gasteiger partial charge in [0.15, 0.2) is 0 Å². The average molecular weight is 349 g/mol. The van der Waals surface area contributed by atoms with Crippen molar-refractivity contribution in [3.8, 4) is 5.82 Å². The fourth-order valence-electron chi connectivity index (χ4n) is 2.57. The number of pyridine rings is 1. The lowest BCUT2D eigenvalue weighted by Crippen LogP contribution is -2.27. The molecule has 128 valence electrons. The fraction of sp³-hybridized carbons (Fsp3) is 0.400. The van der Waals surface area contributed by atoms with Crippen LogP contribution in [-0.2, 0) is 10.0 Å². The molecule has 3 rings (SSSR count). The number of aromatic nitrogens is 3. The van der Waals surface area contributed by atoms with Crippen LogP contribution in [0.3, 0.4) is 0 Å². The van der Waals surface area contributed by atoms with Gasteiger partial charge in [-0.1, -0.05) is 0 Å². The Hall–Kier alpha value is -2.26. The van der Waals surface area contributed by atoms with Crippen LogP contribution in [0.5, 0.6) is 0 Å². The van der Waals surface area contributed by atoms with E-state index in [0.29, 0.717) is 25.5 Å². The average Bonchev–Trinajstić information content (AvgIpc) is 3.27. The molecule has 1 aliphatic heterocycles. The minimum atomic E-state index is -3.47. The number of hydrogen-bond donors (Lipinski definition) is 1. The lowest BCUT2D eigenvalue weighted by Gasteiger charge is -2.15. The van der Waals surface area contributed by atoms with Gasteiger partial charge in [-0.05, 0) is 31.9 Å². The molecule has 0 spiro atoms. The highest BCUT2D eigenvalue weighted by Gasteiger charge is 2.27. The number of nitrogens with one attached hydrogen (secondary N) is 1. The highest BCUT2D eigenvalue weighted by molar-refractivity contribution is 7.89. The van der Waals surface area contributed by atoms with E-state index in [1.807, 2.05) is 6.92 Å². The van der Waals surface area contributed by atoms with Crippen molar-refractivity contribution in [2.45, 2.75) is 24.7 Å². The summed E-state index contributed by atoms with van der Waals surface area (Å²) in [4.78, 5) is 20.1. The molecule has 0 saturated carbocycles. The Kier molecular flexibility index (Phi) is 4.63. The van der Waals surface area contributed by atoms with Crippen LogP contribution in [0.4, 0.5) is 0 Å². The smallest absolute Gasteiger partial charge is 0.271 e. The Bertz CT molecular complexity index is 823. The second-order valence-electron chi connectivity index (χ2n) is 5.49. The van der Waals surface area contributed by atoms with Crippen LogP contribution in [0.25, 0.3) is 5.82 Å². The predicted molar refractivity (Wildman–Crippen MR) is 87.4 cm³/mol. The first-order valence-corrected chi connectivity index (χ1v) is 9.25. The molecule has 8 nitrogen and oxygen atoms in total. The number of amides is 1. The number of carbonyl (C=O) groups excluding carboxylic acids is 1. The molecule has 0 unspecified atom stereocenters. The summed E-state index contributed by atoms with van der Waals surface area (Å²) in [5.74, 6) is 0.239. The van der Waals surface area contributed by atoms with Crippen molar-refractivity contribution >= 4 is 15.9 Å². The molecule has 1 N–H and O–H groups in total. The lowest BCUT2D eigenvalue weighted by atomic mass is 10.4. The number of sulfonamides is 1. The number of rotatable bonds is 5. The van der Waals surface area contributed by atoms with Gasteiger partial charge in [0.1, 0.15) is 22.7 Å². The standard InChI is InChI=1S/C15H19N5O3S/c1-2-16-15(21)13-10-19(11-18-13)14-6-5-12(9-17-14)24(22,23)20-7-3-4-8-20/h5-6,9-11H,2-4,7-8H2,1H3,(H,16,21). The van der Waals surface area contributed by atoms with Gasteiger partial charge in [-0.2, -0.15) is 4.31 Å². The molecule has 1 amide bonds. The molecular weight excluding hydrogens is 330 g/mol. The SMILES string of the molecule is CCNC(=O)c1cn(-c2ccc(S(=O)(=O)N3CCCC3)cn2)cn1.